The predicted octanol–water partition coefficient (Wildman–Crippen LogP) is -0.753. The lowest BCUT2D eigenvalue weighted by atomic mass is 9.91. The van der Waals surface area contributed by atoms with Crippen molar-refractivity contribution in [3.05, 3.63) is 33.8 Å². The highest BCUT2D eigenvalue weighted by Gasteiger charge is 2.51. The lowest BCUT2D eigenvalue weighted by molar-refractivity contribution is -0.375. The van der Waals surface area contributed by atoms with E-state index < -0.39 is 35.4 Å². The second kappa shape index (κ2) is 6.77. The van der Waals surface area contributed by atoms with Crippen molar-refractivity contribution in [2.24, 2.45) is 0 Å². The quantitative estimate of drug-likeness (QED) is 0.398. The molecule has 1 aliphatic heterocycles. The number of nitrogen functional groups attached to an aromatic ring is 1. The molecular formula is C14H20N4O6. The van der Waals surface area contributed by atoms with Crippen molar-refractivity contribution >= 4 is 11.5 Å². The molecule has 4 atom stereocenters. The van der Waals surface area contributed by atoms with Gasteiger partial charge in [0.2, 0.25) is 0 Å². The van der Waals surface area contributed by atoms with Crippen LogP contribution in [0.25, 0.3) is 5.70 Å². The second-order valence-corrected chi connectivity index (χ2v) is 5.82. The summed E-state index contributed by atoms with van der Waals surface area (Å²) >= 11 is 0. The predicted molar refractivity (Wildman–Crippen MR) is 83.1 cm³/mol. The van der Waals surface area contributed by atoms with E-state index in [1.54, 1.807) is 6.92 Å². The summed E-state index contributed by atoms with van der Waals surface area (Å²) in [7, 11) is 0. The van der Waals surface area contributed by atoms with Crippen LogP contribution < -0.4 is 5.73 Å². The van der Waals surface area contributed by atoms with Gasteiger partial charge >= 0.3 is 0 Å². The number of nitro groups is 1. The Balaban J connectivity index is 2.32. The molecule has 132 valence electrons. The topological polar surface area (TPSA) is 165 Å². The molecular weight excluding hydrogens is 320 g/mol. The number of aliphatic hydroxyl groups excluding tert-OH is 2. The number of ether oxygens (including phenoxy) is 1. The van der Waals surface area contributed by atoms with Gasteiger partial charge in [0.15, 0.2) is 0 Å². The zero-order valence-electron chi connectivity index (χ0n) is 13.3. The van der Waals surface area contributed by atoms with Crippen LogP contribution in [0.15, 0.2) is 12.4 Å². The summed E-state index contributed by atoms with van der Waals surface area (Å²) in [5, 5.41) is 40.8. The largest absolute Gasteiger partial charge is 0.394 e. The Morgan fingerprint density at radius 3 is 2.75 bits per heavy atom. The fourth-order valence-electron chi connectivity index (χ4n) is 2.72. The van der Waals surface area contributed by atoms with Crippen LogP contribution in [0.5, 0.6) is 0 Å². The standard InChI is InChI=1S/C14H20N4O6/c1-7-11(13(15)17-6-16-7)8(18(22)23)3-4-10-14(2,21)12(20)9(5-19)24-10/h3,6,9-10,12,19-21H,4-5H2,1-2H3,(H2,15,16,17)/b8-3+/t9?,10?,12?,14-/m0/s1. The number of hydrogen-bond acceptors (Lipinski definition) is 9. The van der Waals surface area contributed by atoms with Gasteiger partial charge in [-0.05, 0) is 19.9 Å². The molecule has 24 heavy (non-hydrogen) atoms. The molecule has 5 N–H and O–H groups in total. The molecule has 0 bridgehead atoms. The van der Waals surface area contributed by atoms with Crippen molar-refractivity contribution in [3.63, 3.8) is 0 Å². The van der Waals surface area contributed by atoms with E-state index in [0.717, 1.165) is 0 Å². The molecule has 1 aliphatic rings. The maximum atomic E-state index is 11.4. The van der Waals surface area contributed by atoms with Crippen LogP contribution in [0.3, 0.4) is 0 Å². The van der Waals surface area contributed by atoms with Gasteiger partial charge in [-0.3, -0.25) is 10.1 Å². The van der Waals surface area contributed by atoms with Gasteiger partial charge in [0.25, 0.3) is 5.70 Å². The third-order valence-electron chi connectivity index (χ3n) is 4.17. The molecule has 2 heterocycles. The number of hydrogen-bond donors (Lipinski definition) is 4. The van der Waals surface area contributed by atoms with E-state index in [4.69, 9.17) is 15.6 Å². The van der Waals surface area contributed by atoms with Crippen LogP contribution in [0.2, 0.25) is 0 Å². The van der Waals surface area contributed by atoms with Crippen LogP contribution in [0.4, 0.5) is 5.82 Å². The Kier molecular flexibility index (Phi) is 5.13. The number of nitrogens with two attached hydrogens (primary N) is 1. The van der Waals surface area contributed by atoms with Gasteiger partial charge in [-0.25, -0.2) is 9.97 Å². The van der Waals surface area contributed by atoms with Gasteiger partial charge in [-0.2, -0.15) is 0 Å². The first-order valence-electron chi connectivity index (χ1n) is 7.28. The Hall–Kier alpha value is -2.14. The van der Waals surface area contributed by atoms with Crippen molar-refractivity contribution in [3.8, 4) is 0 Å². The first kappa shape index (κ1) is 18.2. The minimum absolute atomic E-state index is 0.0298. The average molecular weight is 340 g/mol. The molecule has 0 aliphatic carbocycles. The number of aliphatic hydroxyl groups is 3. The van der Waals surface area contributed by atoms with E-state index >= 15 is 0 Å². The number of aryl methyl sites for hydroxylation is 1. The second-order valence-electron chi connectivity index (χ2n) is 5.82. The highest BCUT2D eigenvalue weighted by molar-refractivity contribution is 5.69. The fraction of sp³-hybridized carbons (Fsp3) is 0.571. The lowest BCUT2D eigenvalue weighted by Crippen LogP contribution is -2.45. The molecule has 0 spiro atoms. The maximum Gasteiger partial charge on any atom is 0.278 e. The van der Waals surface area contributed by atoms with Crippen molar-refractivity contribution in [2.45, 2.75) is 44.2 Å². The third-order valence-corrected chi connectivity index (χ3v) is 4.17. The summed E-state index contributed by atoms with van der Waals surface area (Å²) in [5.74, 6) is -0.0298. The van der Waals surface area contributed by atoms with Crippen LogP contribution in [-0.4, -0.2) is 60.7 Å². The average Bonchev–Trinajstić information content (AvgIpc) is 2.72. The number of rotatable bonds is 5. The molecule has 3 unspecified atom stereocenters. The summed E-state index contributed by atoms with van der Waals surface area (Å²) in [6.07, 6.45) is -0.793. The van der Waals surface area contributed by atoms with Gasteiger partial charge in [0, 0.05) is 6.42 Å². The van der Waals surface area contributed by atoms with Crippen molar-refractivity contribution in [1.82, 2.24) is 9.97 Å². The van der Waals surface area contributed by atoms with Crippen molar-refractivity contribution < 1.29 is 25.0 Å². The van der Waals surface area contributed by atoms with Gasteiger partial charge in [0.05, 0.1) is 23.3 Å². The normalized spacial score (nSPS) is 30.5. The van der Waals surface area contributed by atoms with Gasteiger partial charge in [0.1, 0.15) is 35.5 Å². The molecule has 1 aromatic rings. The Morgan fingerprint density at radius 2 is 2.25 bits per heavy atom. The highest BCUT2D eigenvalue weighted by Crippen LogP contribution is 2.34. The SMILES string of the molecule is Cc1ncnc(N)c1/C(=C\CC1OC(CO)C(O)[C@@]1(C)O)[N+](=O)[O-]. The van der Waals surface area contributed by atoms with Crippen LogP contribution in [-0.2, 0) is 4.74 Å². The Bertz CT molecular complexity index is 642. The maximum absolute atomic E-state index is 11.4. The van der Waals surface area contributed by atoms with E-state index in [1.807, 2.05) is 0 Å². The molecule has 0 amide bonds. The summed E-state index contributed by atoms with van der Waals surface area (Å²) in [5.41, 5.74) is 4.19. The molecule has 2 rings (SSSR count). The molecule has 10 heteroatoms. The molecule has 0 aromatic carbocycles. The molecule has 1 fully saturated rings. The van der Waals surface area contributed by atoms with Gasteiger partial charge in [-0.15, -0.1) is 0 Å². The Morgan fingerprint density at radius 1 is 1.58 bits per heavy atom. The van der Waals surface area contributed by atoms with E-state index in [1.165, 1.54) is 19.3 Å². The van der Waals surface area contributed by atoms with Gasteiger partial charge < -0.3 is 25.8 Å². The number of anilines is 1. The van der Waals surface area contributed by atoms with E-state index in [0.29, 0.717) is 5.69 Å². The molecule has 1 saturated heterocycles. The van der Waals surface area contributed by atoms with E-state index in [2.05, 4.69) is 9.97 Å². The summed E-state index contributed by atoms with van der Waals surface area (Å²) < 4.78 is 5.38. The minimum atomic E-state index is -1.65. The summed E-state index contributed by atoms with van der Waals surface area (Å²) in [6.45, 7) is 2.44. The molecule has 0 saturated carbocycles. The molecule has 10 nitrogen and oxygen atoms in total. The highest BCUT2D eigenvalue weighted by atomic mass is 16.6. The van der Waals surface area contributed by atoms with Crippen LogP contribution >= 0.6 is 0 Å². The summed E-state index contributed by atoms with van der Waals surface area (Å²) in [4.78, 5) is 18.4. The monoisotopic (exact) mass is 340 g/mol. The molecule has 0 radical (unpaired) electrons. The molecule has 1 aromatic heterocycles. The Labute approximate surface area is 137 Å². The number of aromatic nitrogens is 2. The van der Waals surface area contributed by atoms with E-state index in [-0.39, 0.29) is 23.5 Å². The van der Waals surface area contributed by atoms with Gasteiger partial charge in [-0.1, -0.05) is 0 Å². The minimum Gasteiger partial charge on any atom is -0.394 e. The fourth-order valence-corrected chi connectivity index (χ4v) is 2.72. The van der Waals surface area contributed by atoms with E-state index in [9.17, 15) is 20.3 Å². The smallest absolute Gasteiger partial charge is 0.278 e. The zero-order chi connectivity index (χ0) is 18.1. The first-order valence-corrected chi connectivity index (χ1v) is 7.28. The van der Waals surface area contributed by atoms with Crippen LogP contribution in [0.1, 0.15) is 24.6 Å². The zero-order valence-corrected chi connectivity index (χ0v) is 13.3. The van der Waals surface area contributed by atoms with Crippen molar-refractivity contribution in [2.75, 3.05) is 12.3 Å². The van der Waals surface area contributed by atoms with Crippen molar-refractivity contribution in [1.29, 1.82) is 0 Å². The summed E-state index contributed by atoms with van der Waals surface area (Å²) in [6, 6.07) is 0. The number of nitrogens with zero attached hydrogens (tertiary/aromatic N) is 3. The lowest BCUT2D eigenvalue weighted by Gasteiger charge is -2.25. The third kappa shape index (κ3) is 3.22. The first-order chi connectivity index (χ1) is 11.2. The van der Waals surface area contributed by atoms with Crippen LogP contribution in [0, 0.1) is 17.0 Å².